The largest absolute Gasteiger partial charge is 0.383 e. The number of rotatable bonds is 2. The Morgan fingerprint density at radius 1 is 1.32 bits per heavy atom. The first-order chi connectivity index (χ1) is 9.08. The van der Waals surface area contributed by atoms with Gasteiger partial charge in [0.1, 0.15) is 17.2 Å². The lowest BCUT2D eigenvalue weighted by molar-refractivity contribution is 0.605. The summed E-state index contributed by atoms with van der Waals surface area (Å²) < 4.78 is 3.83. The number of nitrogens with zero attached hydrogens (tertiary/aromatic N) is 4. The van der Waals surface area contributed by atoms with Crippen molar-refractivity contribution in [2.75, 3.05) is 5.73 Å². The van der Waals surface area contributed by atoms with E-state index < -0.39 is 0 Å². The molecular weight excluding hydrogens is 262 g/mol. The molecule has 0 unspecified atom stereocenters. The lowest BCUT2D eigenvalue weighted by Gasteiger charge is -2.10. The van der Waals surface area contributed by atoms with Crippen molar-refractivity contribution >= 4 is 23.1 Å². The van der Waals surface area contributed by atoms with Crippen molar-refractivity contribution in [3.8, 4) is 11.4 Å². The number of pyridine rings is 1. The van der Waals surface area contributed by atoms with E-state index in [2.05, 4.69) is 23.8 Å². The average molecular weight is 276 g/mol. The molecule has 0 aliphatic carbocycles. The van der Waals surface area contributed by atoms with Gasteiger partial charge in [0.15, 0.2) is 0 Å². The average Bonchev–Trinajstić information content (AvgIpc) is 2.95. The molecule has 6 heteroatoms. The van der Waals surface area contributed by atoms with Gasteiger partial charge in [-0.2, -0.15) is 0 Å². The molecule has 0 saturated carbocycles. The standard InChI is InChI=1S/C13H14ClN5/c1-8(2)19-7-16-5-10(19)12-13(15)18-6-9(14)3-4-11(18)17-12/h3-8H,15H2,1-2H3. The molecule has 5 nitrogen and oxygen atoms in total. The van der Waals surface area contributed by atoms with E-state index >= 15 is 0 Å². The lowest BCUT2D eigenvalue weighted by Crippen LogP contribution is -2.02. The van der Waals surface area contributed by atoms with E-state index in [1.54, 1.807) is 29.2 Å². The van der Waals surface area contributed by atoms with Gasteiger partial charge in [0.05, 0.1) is 23.2 Å². The number of fused-ring (bicyclic) bond motifs is 1. The minimum atomic E-state index is 0.297. The van der Waals surface area contributed by atoms with Gasteiger partial charge in [-0.3, -0.25) is 4.40 Å². The summed E-state index contributed by atoms with van der Waals surface area (Å²) in [4.78, 5) is 8.74. The predicted octanol–water partition coefficient (Wildman–Crippen LogP) is 3.01. The second-order valence-corrected chi connectivity index (χ2v) is 5.14. The molecule has 0 spiro atoms. The molecule has 0 bridgehead atoms. The van der Waals surface area contributed by atoms with Crippen molar-refractivity contribution in [1.82, 2.24) is 18.9 Å². The number of hydrogen-bond donors (Lipinski definition) is 1. The Kier molecular flexibility index (Phi) is 2.71. The van der Waals surface area contributed by atoms with E-state index in [9.17, 15) is 0 Å². The van der Waals surface area contributed by atoms with Gasteiger partial charge in [0.2, 0.25) is 0 Å². The van der Waals surface area contributed by atoms with Crippen molar-refractivity contribution < 1.29 is 0 Å². The van der Waals surface area contributed by atoms with Crippen LogP contribution in [0.2, 0.25) is 5.02 Å². The van der Waals surface area contributed by atoms with Crippen molar-refractivity contribution in [1.29, 1.82) is 0 Å². The van der Waals surface area contributed by atoms with Crippen LogP contribution in [0, 0.1) is 0 Å². The van der Waals surface area contributed by atoms with Gasteiger partial charge < -0.3 is 10.3 Å². The SMILES string of the molecule is CC(C)n1cncc1-c1nc2ccc(Cl)cn2c1N. The molecule has 0 aliphatic rings. The Balaban J connectivity index is 2.25. The number of nitrogens with two attached hydrogens (primary N) is 1. The van der Waals surface area contributed by atoms with Crippen LogP contribution < -0.4 is 5.73 Å². The Hall–Kier alpha value is -2.01. The van der Waals surface area contributed by atoms with Crippen LogP contribution in [0.4, 0.5) is 5.82 Å². The molecule has 0 aromatic carbocycles. The fourth-order valence-corrected chi connectivity index (χ4v) is 2.29. The van der Waals surface area contributed by atoms with Gasteiger partial charge in [-0.05, 0) is 26.0 Å². The normalized spacial score (nSPS) is 11.6. The van der Waals surface area contributed by atoms with E-state index in [0.29, 0.717) is 16.9 Å². The summed E-state index contributed by atoms with van der Waals surface area (Å²) in [6.45, 7) is 4.18. The van der Waals surface area contributed by atoms with E-state index in [1.165, 1.54) is 0 Å². The zero-order chi connectivity index (χ0) is 13.6. The van der Waals surface area contributed by atoms with Crippen LogP contribution in [-0.2, 0) is 0 Å². The van der Waals surface area contributed by atoms with Gasteiger partial charge in [-0.25, -0.2) is 9.97 Å². The molecule has 3 aromatic heterocycles. The lowest BCUT2D eigenvalue weighted by atomic mass is 10.3. The number of anilines is 1. The minimum absolute atomic E-state index is 0.297. The van der Waals surface area contributed by atoms with E-state index in [1.807, 2.05) is 10.6 Å². The highest BCUT2D eigenvalue weighted by molar-refractivity contribution is 6.30. The summed E-state index contributed by atoms with van der Waals surface area (Å²) in [5.41, 5.74) is 8.58. The van der Waals surface area contributed by atoms with Crippen LogP contribution in [0.1, 0.15) is 19.9 Å². The maximum atomic E-state index is 6.17. The Morgan fingerprint density at radius 2 is 2.11 bits per heavy atom. The fraction of sp³-hybridized carbons (Fsp3) is 0.231. The molecule has 0 aliphatic heterocycles. The van der Waals surface area contributed by atoms with E-state index in [0.717, 1.165) is 17.0 Å². The van der Waals surface area contributed by atoms with Gasteiger partial charge in [-0.1, -0.05) is 11.6 Å². The molecule has 3 rings (SSSR count). The van der Waals surface area contributed by atoms with Gasteiger partial charge >= 0.3 is 0 Å². The molecule has 0 fully saturated rings. The first kappa shape index (κ1) is 12.0. The van der Waals surface area contributed by atoms with Gasteiger partial charge in [-0.15, -0.1) is 0 Å². The molecular formula is C13H14ClN5. The van der Waals surface area contributed by atoms with Gasteiger partial charge in [0, 0.05) is 12.2 Å². The van der Waals surface area contributed by atoms with Crippen LogP contribution in [0.15, 0.2) is 30.9 Å². The van der Waals surface area contributed by atoms with Crippen LogP contribution >= 0.6 is 11.6 Å². The molecule has 98 valence electrons. The highest BCUT2D eigenvalue weighted by Crippen LogP contribution is 2.28. The number of hydrogen-bond acceptors (Lipinski definition) is 3. The minimum Gasteiger partial charge on any atom is -0.383 e. The summed E-state index contributed by atoms with van der Waals surface area (Å²) >= 11 is 5.98. The molecule has 0 amide bonds. The molecule has 19 heavy (non-hydrogen) atoms. The maximum absolute atomic E-state index is 6.17. The van der Waals surface area contributed by atoms with Crippen molar-refractivity contribution in [2.24, 2.45) is 0 Å². The third-order valence-corrected chi connectivity index (χ3v) is 3.31. The van der Waals surface area contributed by atoms with E-state index in [-0.39, 0.29) is 0 Å². The highest BCUT2D eigenvalue weighted by Gasteiger charge is 2.16. The Morgan fingerprint density at radius 3 is 2.84 bits per heavy atom. The molecule has 0 atom stereocenters. The summed E-state index contributed by atoms with van der Waals surface area (Å²) in [5.74, 6) is 0.569. The zero-order valence-corrected chi connectivity index (χ0v) is 11.5. The third kappa shape index (κ3) is 1.86. The van der Waals surface area contributed by atoms with Crippen LogP contribution in [0.5, 0.6) is 0 Å². The molecule has 2 N–H and O–H groups in total. The summed E-state index contributed by atoms with van der Waals surface area (Å²) in [6.07, 6.45) is 5.33. The van der Waals surface area contributed by atoms with Crippen molar-refractivity contribution in [3.63, 3.8) is 0 Å². The predicted molar refractivity (Wildman–Crippen MR) is 76.2 cm³/mol. The number of nitrogen functional groups attached to an aromatic ring is 1. The van der Waals surface area contributed by atoms with Crippen molar-refractivity contribution in [3.05, 3.63) is 35.9 Å². The topological polar surface area (TPSA) is 61.1 Å². The van der Waals surface area contributed by atoms with Gasteiger partial charge in [0.25, 0.3) is 0 Å². The van der Waals surface area contributed by atoms with E-state index in [4.69, 9.17) is 17.3 Å². The monoisotopic (exact) mass is 275 g/mol. The number of imidazole rings is 2. The van der Waals surface area contributed by atoms with Crippen molar-refractivity contribution in [2.45, 2.75) is 19.9 Å². The summed E-state index contributed by atoms with van der Waals surface area (Å²) in [7, 11) is 0. The molecule has 0 saturated heterocycles. The van der Waals surface area contributed by atoms with Crippen LogP contribution in [-0.4, -0.2) is 18.9 Å². The first-order valence-electron chi connectivity index (χ1n) is 6.03. The highest BCUT2D eigenvalue weighted by atomic mass is 35.5. The Labute approximate surface area is 115 Å². The van der Waals surface area contributed by atoms with Crippen LogP contribution in [0.25, 0.3) is 17.0 Å². The fourth-order valence-electron chi connectivity index (χ4n) is 2.12. The smallest absolute Gasteiger partial charge is 0.139 e. The Bertz CT molecular complexity index is 741. The first-order valence-corrected chi connectivity index (χ1v) is 6.41. The molecule has 0 radical (unpaired) electrons. The maximum Gasteiger partial charge on any atom is 0.139 e. The number of halogens is 1. The van der Waals surface area contributed by atoms with Crippen LogP contribution in [0.3, 0.4) is 0 Å². The number of aromatic nitrogens is 4. The second kappa shape index (κ2) is 4.28. The molecule has 3 aromatic rings. The third-order valence-electron chi connectivity index (χ3n) is 3.08. The zero-order valence-electron chi connectivity index (χ0n) is 10.7. The molecule has 3 heterocycles. The summed E-state index contributed by atoms with van der Waals surface area (Å²) in [5, 5.41) is 0.625. The second-order valence-electron chi connectivity index (χ2n) is 4.70. The summed E-state index contributed by atoms with van der Waals surface area (Å²) in [6, 6.07) is 3.94. The quantitative estimate of drug-likeness (QED) is 0.782.